The smallest absolute Gasteiger partial charge is 0.175 e. The van der Waals surface area contributed by atoms with Crippen molar-refractivity contribution in [2.24, 2.45) is 0 Å². The number of halogens is 2. The summed E-state index contributed by atoms with van der Waals surface area (Å²) in [6, 6.07) is 16.7. The first kappa shape index (κ1) is 17.8. The predicted octanol–water partition coefficient (Wildman–Crippen LogP) is 5.44. The van der Waals surface area contributed by atoms with E-state index in [2.05, 4.69) is 0 Å². The van der Waals surface area contributed by atoms with Crippen LogP contribution in [0.2, 0.25) is 10.0 Å². The molecule has 0 amide bonds. The third-order valence-corrected chi connectivity index (χ3v) is 5.51. The third kappa shape index (κ3) is 3.66. The highest BCUT2D eigenvalue weighted by Crippen LogP contribution is 2.42. The second-order valence-corrected chi connectivity index (χ2v) is 8.48. The first-order valence-corrected chi connectivity index (χ1v) is 10.00. The molecule has 0 bridgehead atoms. The Hall–Kier alpha value is -2.01. The Morgan fingerprint density at radius 2 is 1.56 bits per heavy atom. The minimum absolute atomic E-state index is 0.0777. The van der Waals surface area contributed by atoms with Crippen molar-refractivity contribution in [3.63, 3.8) is 0 Å². The normalized spacial score (nSPS) is 11.5. The van der Waals surface area contributed by atoms with Gasteiger partial charge >= 0.3 is 0 Å². The van der Waals surface area contributed by atoms with Crippen LogP contribution < -0.4 is 0 Å². The van der Waals surface area contributed by atoms with Gasteiger partial charge in [-0.3, -0.25) is 0 Å². The summed E-state index contributed by atoms with van der Waals surface area (Å²) in [6.07, 6.45) is 1.16. The third-order valence-electron chi connectivity index (χ3n) is 3.84. The molecule has 0 aliphatic rings. The molecule has 25 heavy (non-hydrogen) atoms. The summed E-state index contributed by atoms with van der Waals surface area (Å²) in [5, 5.41) is 11.3. The van der Waals surface area contributed by atoms with E-state index in [0.29, 0.717) is 21.2 Å². The van der Waals surface area contributed by atoms with Crippen LogP contribution >= 0.6 is 23.2 Å². The molecule has 3 aromatic rings. The monoisotopic (exact) mass is 392 g/mol. The van der Waals surface area contributed by atoms with Gasteiger partial charge in [0.05, 0.1) is 9.92 Å². The predicted molar refractivity (Wildman–Crippen MR) is 102 cm³/mol. The van der Waals surface area contributed by atoms with Crippen molar-refractivity contribution in [1.82, 2.24) is 0 Å². The lowest BCUT2D eigenvalue weighted by molar-refractivity contribution is 0.477. The van der Waals surface area contributed by atoms with Gasteiger partial charge in [0, 0.05) is 22.4 Å². The number of aromatic hydroxyl groups is 1. The SMILES string of the molecule is CS(=O)(=O)c1ccc(-c2cccc(O)c2-c2ccc(Cl)cc2Cl)cc1. The van der Waals surface area contributed by atoms with Crippen LogP contribution in [0.3, 0.4) is 0 Å². The average molecular weight is 393 g/mol. The highest BCUT2D eigenvalue weighted by atomic mass is 35.5. The topological polar surface area (TPSA) is 54.4 Å². The minimum atomic E-state index is -3.27. The molecule has 0 aromatic heterocycles. The Balaban J connectivity index is 2.20. The maximum Gasteiger partial charge on any atom is 0.175 e. The summed E-state index contributed by atoms with van der Waals surface area (Å²) in [7, 11) is -3.27. The molecule has 128 valence electrons. The number of hydrogen-bond acceptors (Lipinski definition) is 3. The van der Waals surface area contributed by atoms with Crippen LogP contribution in [0.15, 0.2) is 65.6 Å². The molecular weight excluding hydrogens is 379 g/mol. The highest BCUT2D eigenvalue weighted by molar-refractivity contribution is 7.90. The summed E-state index contributed by atoms with van der Waals surface area (Å²) in [6.45, 7) is 0. The molecule has 0 spiro atoms. The number of sulfone groups is 1. The fourth-order valence-corrected chi connectivity index (χ4v) is 3.77. The van der Waals surface area contributed by atoms with Gasteiger partial charge in [-0.05, 0) is 41.5 Å². The summed E-state index contributed by atoms with van der Waals surface area (Å²) in [4.78, 5) is 0.238. The van der Waals surface area contributed by atoms with Gasteiger partial charge in [-0.15, -0.1) is 0 Å². The van der Waals surface area contributed by atoms with Crippen LogP contribution in [0.25, 0.3) is 22.3 Å². The molecule has 0 heterocycles. The Kier molecular flexibility index (Phi) is 4.78. The van der Waals surface area contributed by atoms with Crippen LogP contribution in [0.4, 0.5) is 0 Å². The van der Waals surface area contributed by atoms with Crippen LogP contribution in [0, 0.1) is 0 Å². The minimum Gasteiger partial charge on any atom is -0.507 e. The molecule has 0 radical (unpaired) electrons. The lowest BCUT2D eigenvalue weighted by Crippen LogP contribution is -1.96. The van der Waals surface area contributed by atoms with E-state index in [1.807, 2.05) is 6.07 Å². The zero-order valence-corrected chi connectivity index (χ0v) is 15.5. The molecule has 3 nitrogen and oxygen atoms in total. The second-order valence-electron chi connectivity index (χ2n) is 5.62. The number of hydrogen-bond donors (Lipinski definition) is 1. The number of benzene rings is 3. The summed E-state index contributed by atoms with van der Waals surface area (Å²) in [5.74, 6) is 0.0777. The summed E-state index contributed by atoms with van der Waals surface area (Å²) >= 11 is 12.3. The fourth-order valence-electron chi connectivity index (χ4n) is 2.64. The van der Waals surface area contributed by atoms with Crippen LogP contribution in [-0.4, -0.2) is 19.8 Å². The van der Waals surface area contributed by atoms with Gasteiger partial charge in [-0.25, -0.2) is 8.42 Å². The Morgan fingerprint density at radius 3 is 2.16 bits per heavy atom. The summed E-state index contributed by atoms with van der Waals surface area (Å²) in [5.41, 5.74) is 2.72. The zero-order valence-electron chi connectivity index (χ0n) is 13.2. The molecule has 3 aromatic carbocycles. The van der Waals surface area contributed by atoms with E-state index in [0.717, 1.165) is 17.4 Å². The van der Waals surface area contributed by atoms with Crippen molar-refractivity contribution < 1.29 is 13.5 Å². The molecule has 0 aliphatic carbocycles. The largest absolute Gasteiger partial charge is 0.507 e. The molecule has 0 aliphatic heterocycles. The van der Waals surface area contributed by atoms with E-state index in [1.165, 1.54) is 0 Å². The first-order chi connectivity index (χ1) is 11.8. The maximum atomic E-state index is 11.6. The van der Waals surface area contributed by atoms with E-state index >= 15 is 0 Å². The van der Waals surface area contributed by atoms with E-state index in [9.17, 15) is 13.5 Å². The molecule has 6 heteroatoms. The number of phenolic OH excluding ortho intramolecular Hbond substituents is 1. The second kappa shape index (κ2) is 6.71. The van der Waals surface area contributed by atoms with E-state index in [4.69, 9.17) is 23.2 Å². The van der Waals surface area contributed by atoms with E-state index < -0.39 is 9.84 Å². The quantitative estimate of drug-likeness (QED) is 0.645. The molecule has 0 fully saturated rings. The lowest BCUT2D eigenvalue weighted by Gasteiger charge is -2.14. The fraction of sp³-hybridized carbons (Fsp3) is 0.0526. The molecule has 0 saturated carbocycles. The van der Waals surface area contributed by atoms with Crippen LogP contribution in [0.1, 0.15) is 0 Å². The van der Waals surface area contributed by atoms with Crippen molar-refractivity contribution in [1.29, 1.82) is 0 Å². The number of rotatable bonds is 3. The van der Waals surface area contributed by atoms with Crippen LogP contribution in [0.5, 0.6) is 5.75 Å². The average Bonchev–Trinajstić information content (AvgIpc) is 2.55. The maximum absolute atomic E-state index is 11.6. The van der Waals surface area contributed by atoms with Gasteiger partial charge in [0.25, 0.3) is 0 Å². The van der Waals surface area contributed by atoms with Crippen molar-refractivity contribution in [2.75, 3.05) is 6.26 Å². The Labute approximate surface area is 156 Å². The van der Waals surface area contributed by atoms with E-state index in [1.54, 1.807) is 54.6 Å². The highest BCUT2D eigenvalue weighted by Gasteiger charge is 2.16. The molecule has 0 atom stereocenters. The molecule has 0 saturated heterocycles. The Morgan fingerprint density at radius 1 is 0.880 bits per heavy atom. The van der Waals surface area contributed by atoms with Gasteiger partial charge in [-0.1, -0.05) is 53.5 Å². The van der Waals surface area contributed by atoms with Gasteiger partial charge in [0.2, 0.25) is 0 Å². The van der Waals surface area contributed by atoms with Crippen molar-refractivity contribution in [3.05, 3.63) is 70.7 Å². The van der Waals surface area contributed by atoms with Gasteiger partial charge < -0.3 is 5.11 Å². The van der Waals surface area contributed by atoms with Crippen molar-refractivity contribution >= 4 is 33.0 Å². The first-order valence-electron chi connectivity index (χ1n) is 7.35. The Bertz CT molecular complexity index is 1040. The summed E-state index contributed by atoms with van der Waals surface area (Å²) < 4.78 is 23.3. The molecular formula is C19H14Cl2O3S. The standard InChI is InChI=1S/C19H14Cl2O3S/c1-25(23,24)14-8-5-12(6-9-14)15-3-2-4-18(22)19(15)16-10-7-13(20)11-17(16)21/h2-11,22H,1H3. The van der Waals surface area contributed by atoms with Gasteiger partial charge in [-0.2, -0.15) is 0 Å². The molecule has 0 unspecified atom stereocenters. The number of phenols is 1. The lowest BCUT2D eigenvalue weighted by atomic mass is 9.94. The molecule has 3 rings (SSSR count). The van der Waals surface area contributed by atoms with E-state index in [-0.39, 0.29) is 10.6 Å². The zero-order chi connectivity index (χ0) is 18.2. The molecule has 1 N–H and O–H groups in total. The van der Waals surface area contributed by atoms with Crippen molar-refractivity contribution in [2.45, 2.75) is 4.90 Å². The van der Waals surface area contributed by atoms with Gasteiger partial charge in [0.1, 0.15) is 5.75 Å². The van der Waals surface area contributed by atoms with Crippen molar-refractivity contribution in [3.8, 4) is 28.0 Å². The van der Waals surface area contributed by atoms with Crippen LogP contribution in [-0.2, 0) is 9.84 Å². The van der Waals surface area contributed by atoms with Gasteiger partial charge in [0.15, 0.2) is 9.84 Å².